The Hall–Kier alpha value is -2.15. The van der Waals surface area contributed by atoms with Crippen LogP contribution >= 0.6 is 11.3 Å². The maximum absolute atomic E-state index is 11.8. The molecule has 0 aromatic carbocycles. The predicted molar refractivity (Wildman–Crippen MR) is 73.2 cm³/mol. The Bertz CT molecular complexity index is 562. The SMILES string of the molecule is CC(=O)Nc1ccc(C(=O)NCCc2ncc[nH]2)s1. The molecule has 6 nitrogen and oxygen atoms in total. The molecule has 0 bridgehead atoms. The number of H-pyrrole nitrogens is 1. The maximum atomic E-state index is 11.8. The van der Waals surface area contributed by atoms with E-state index in [0.717, 1.165) is 5.82 Å². The van der Waals surface area contributed by atoms with Crippen LogP contribution in [0.2, 0.25) is 0 Å². The van der Waals surface area contributed by atoms with E-state index in [1.165, 1.54) is 18.3 Å². The number of nitrogens with zero attached hydrogens (tertiary/aromatic N) is 1. The number of imidazole rings is 1. The van der Waals surface area contributed by atoms with Gasteiger partial charge in [0.15, 0.2) is 0 Å². The molecule has 0 aliphatic heterocycles. The number of thiophene rings is 1. The van der Waals surface area contributed by atoms with Gasteiger partial charge >= 0.3 is 0 Å². The summed E-state index contributed by atoms with van der Waals surface area (Å²) >= 11 is 1.25. The third-order valence-electron chi connectivity index (χ3n) is 2.33. The van der Waals surface area contributed by atoms with Crippen LogP contribution in [0.1, 0.15) is 22.4 Å². The number of carbonyl (C=O) groups excluding carboxylic acids is 2. The van der Waals surface area contributed by atoms with Crippen molar-refractivity contribution in [3.8, 4) is 0 Å². The van der Waals surface area contributed by atoms with Gasteiger partial charge in [0.1, 0.15) is 5.82 Å². The summed E-state index contributed by atoms with van der Waals surface area (Å²) in [5, 5.41) is 6.12. The lowest BCUT2D eigenvalue weighted by Gasteiger charge is -2.01. The first-order chi connectivity index (χ1) is 9.15. The van der Waals surface area contributed by atoms with Crippen molar-refractivity contribution < 1.29 is 9.59 Å². The largest absolute Gasteiger partial charge is 0.351 e. The molecule has 3 N–H and O–H groups in total. The Morgan fingerprint density at radius 1 is 1.42 bits per heavy atom. The molecule has 2 aromatic heterocycles. The van der Waals surface area contributed by atoms with Gasteiger partial charge < -0.3 is 15.6 Å². The number of aromatic nitrogens is 2. The monoisotopic (exact) mass is 278 g/mol. The van der Waals surface area contributed by atoms with Crippen LogP contribution in [-0.2, 0) is 11.2 Å². The zero-order valence-corrected chi connectivity index (χ0v) is 11.2. The molecular weight excluding hydrogens is 264 g/mol. The molecule has 2 rings (SSSR count). The first-order valence-electron chi connectivity index (χ1n) is 5.79. The van der Waals surface area contributed by atoms with Crippen molar-refractivity contribution in [2.24, 2.45) is 0 Å². The number of rotatable bonds is 5. The van der Waals surface area contributed by atoms with Crippen molar-refractivity contribution in [3.05, 3.63) is 35.2 Å². The quantitative estimate of drug-likeness (QED) is 0.772. The molecule has 0 atom stereocenters. The van der Waals surface area contributed by atoms with Crippen molar-refractivity contribution >= 4 is 28.2 Å². The van der Waals surface area contributed by atoms with Gasteiger partial charge in [-0.3, -0.25) is 9.59 Å². The molecule has 2 heterocycles. The van der Waals surface area contributed by atoms with Crippen molar-refractivity contribution in [2.75, 3.05) is 11.9 Å². The van der Waals surface area contributed by atoms with Crippen LogP contribution in [0.5, 0.6) is 0 Å². The molecule has 100 valence electrons. The van der Waals surface area contributed by atoms with Crippen LogP contribution in [-0.4, -0.2) is 28.3 Å². The molecule has 0 aliphatic carbocycles. The average Bonchev–Trinajstić information content (AvgIpc) is 2.99. The Kier molecular flexibility index (Phi) is 4.30. The Labute approximate surface area is 114 Å². The standard InChI is InChI=1S/C12H14N4O2S/c1-8(17)16-11-3-2-9(19-11)12(18)15-5-4-10-13-6-7-14-10/h2-3,6-7H,4-5H2,1H3,(H,13,14)(H,15,18)(H,16,17). The van der Waals surface area contributed by atoms with Crippen molar-refractivity contribution in [1.29, 1.82) is 0 Å². The average molecular weight is 278 g/mol. The number of hydrogen-bond acceptors (Lipinski definition) is 4. The molecule has 0 fully saturated rings. The highest BCUT2D eigenvalue weighted by Crippen LogP contribution is 2.21. The molecule has 7 heteroatoms. The summed E-state index contributed by atoms with van der Waals surface area (Å²) in [5.41, 5.74) is 0. The molecule has 2 amide bonds. The summed E-state index contributed by atoms with van der Waals surface area (Å²) in [6.45, 7) is 1.95. The van der Waals surface area contributed by atoms with Crippen molar-refractivity contribution in [3.63, 3.8) is 0 Å². The second-order valence-electron chi connectivity index (χ2n) is 3.89. The summed E-state index contributed by atoms with van der Waals surface area (Å²) in [7, 11) is 0. The van der Waals surface area contributed by atoms with E-state index in [2.05, 4.69) is 20.6 Å². The molecule has 19 heavy (non-hydrogen) atoms. The van der Waals surface area contributed by atoms with E-state index in [1.54, 1.807) is 24.5 Å². The second kappa shape index (κ2) is 6.14. The van der Waals surface area contributed by atoms with Gasteiger partial charge in [-0.2, -0.15) is 0 Å². The lowest BCUT2D eigenvalue weighted by Crippen LogP contribution is -2.25. The molecule has 0 aliphatic rings. The predicted octanol–water partition coefficient (Wildman–Crippen LogP) is 1.40. The van der Waals surface area contributed by atoms with Crippen LogP contribution in [0.15, 0.2) is 24.5 Å². The molecule has 0 spiro atoms. The topological polar surface area (TPSA) is 86.9 Å². The summed E-state index contributed by atoms with van der Waals surface area (Å²) < 4.78 is 0. The molecule has 2 aromatic rings. The highest BCUT2D eigenvalue weighted by atomic mass is 32.1. The minimum absolute atomic E-state index is 0.145. The number of aromatic amines is 1. The van der Waals surface area contributed by atoms with Crippen LogP contribution in [0.25, 0.3) is 0 Å². The third kappa shape index (κ3) is 3.92. The third-order valence-corrected chi connectivity index (χ3v) is 3.33. The van der Waals surface area contributed by atoms with Gasteiger partial charge in [0, 0.05) is 32.3 Å². The maximum Gasteiger partial charge on any atom is 0.261 e. The molecular formula is C12H14N4O2S. The summed E-state index contributed by atoms with van der Waals surface area (Å²) in [4.78, 5) is 30.3. The second-order valence-corrected chi connectivity index (χ2v) is 4.97. The molecule has 0 saturated heterocycles. The van der Waals surface area contributed by atoms with Crippen molar-refractivity contribution in [1.82, 2.24) is 15.3 Å². The van der Waals surface area contributed by atoms with E-state index in [1.807, 2.05) is 0 Å². The summed E-state index contributed by atoms with van der Waals surface area (Å²) in [5.74, 6) is 0.546. The van der Waals surface area contributed by atoms with Gasteiger partial charge in [-0.1, -0.05) is 0 Å². The highest BCUT2D eigenvalue weighted by Gasteiger charge is 2.09. The summed E-state index contributed by atoms with van der Waals surface area (Å²) in [6, 6.07) is 3.41. The zero-order chi connectivity index (χ0) is 13.7. The first kappa shape index (κ1) is 13.3. The summed E-state index contributed by atoms with van der Waals surface area (Å²) in [6.07, 6.45) is 4.08. The normalized spacial score (nSPS) is 10.2. The van der Waals surface area contributed by atoms with Crippen LogP contribution < -0.4 is 10.6 Å². The molecule has 0 saturated carbocycles. The van der Waals surface area contributed by atoms with E-state index in [9.17, 15) is 9.59 Å². The fourth-order valence-electron chi connectivity index (χ4n) is 1.52. The van der Waals surface area contributed by atoms with Gasteiger partial charge in [0.2, 0.25) is 5.91 Å². The lowest BCUT2D eigenvalue weighted by atomic mass is 10.4. The van der Waals surface area contributed by atoms with Gasteiger partial charge in [-0.15, -0.1) is 11.3 Å². The van der Waals surface area contributed by atoms with Gasteiger partial charge in [-0.25, -0.2) is 4.98 Å². The van der Waals surface area contributed by atoms with E-state index in [-0.39, 0.29) is 11.8 Å². The van der Waals surface area contributed by atoms with Gasteiger partial charge in [0.05, 0.1) is 9.88 Å². The smallest absolute Gasteiger partial charge is 0.261 e. The minimum atomic E-state index is -0.147. The van der Waals surface area contributed by atoms with Gasteiger partial charge in [0.25, 0.3) is 5.91 Å². The van der Waals surface area contributed by atoms with Crippen LogP contribution in [0, 0.1) is 0 Å². The van der Waals surface area contributed by atoms with Crippen LogP contribution in [0.3, 0.4) is 0 Å². The minimum Gasteiger partial charge on any atom is -0.351 e. The highest BCUT2D eigenvalue weighted by molar-refractivity contribution is 7.18. The van der Waals surface area contributed by atoms with Crippen LogP contribution in [0.4, 0.5) is 5.00 Å². The number of amides is 2. The fourth-order valence-corrected chi connectivity index (χ4v) is 2.39. The van der Waals surface area contributed by atoms with E-state index >= 15 is 0 Å². The van der Waals surface area contributed by atoms with Gasteiger partial charge in [-0.05, 0) is 12.1 Å². The van der Waals surface area contributed by atoms with Crippen molar-refractivity contribution in [2.45, 2.75) is 13.3 Å². The number of anilines is 1. The number of nitrogens with one attached hydrogen (secondary N) is 3. The number of carbonyl (C=O) groups is 2. The zero-order valence-electron chi connectivity index (χ0n) is 10.4. The number of hydrogen-bond donors (Lipinski definition) is 3. The van der Waals surface area contributed by atoms with E-state index < -0.39 is 0 Å². The van der Waals surface area contributed by atoms with E-state index in [4.69, 9.17) is 0 Å². The molecule has 0 radical (unpaired) electrons. The van der Waals surface area contributed by atoms with E-state index in [0.29, 0.717) is 22.8 Å². The first-order valence-corrected chi connectivity index (χ1v) is 6.60. The molecule has 0 unspecified atom stereocenters. The fraction of sp³-hybridized carbons (Fsp3) is 0.250. The Balaban J connectivity index is 1.82. The Morgan fingerprint density at radius 3 is 2.95 bits per heavy atom. The Morgan fingerprint density at radius 2 is 2.26 bits per heavy atom. The lowest BCUT2D eigenvalue weighted by molar-refractivity contribution is -0.114.